The van der Waals surface area contributed by atoms with E-state index in [1.165, 1.54) is 5.57 Å². The SMILES string of the molecule is CN1C(=O)C=C[C@]2(C)[C@H]3CC[C@]4(C)[C@@H](O)/C(=C\c5ccncc5)C[C@H]4[C@@H]3CC[C@@H]12. The number of likely N-dealkylation sites (N-methyl/N-ethyl adjacent to an activating group) is 1. The normalized spacial score (nSPS) is 45.1. The standard InChI is InChI=1S/C25H32N2O2/c1-24-11-7-22(28)27(3)21(24)5-4-18-19(24)6-10-25(2)20(18)15-17(23(25)29)14-16-8-12-26-13-9-16/h7-9,11-14,18-21,23,29H,4-6,10,15H2,1-3H3/b17-14-/t18-,19+,20+,21-,23+,24-,25+/m1/s1. The van der Waals surface area contributed by atoms with Crippen LogP contribution in [-0.2, 0) is 4.79 Å². The molecule has 0 unspecified atom stereocenters. The molecule has 4 aliphatic rings. The Labute approximate surface area is 173 Å². The molecule has 1 N–H and O–H groups in total. The summed E-state index contributed by atoms with van der Waals surface area (Å²) < 4.78 is 0. The van der Waals surface area contributed by atoms with Crippen molar-refractivity contribution in [2.24, 2.45) is 28.6 Å². The van der Waals surface area contributed by atoms with E-state index in [2.05, 4.69) is 31.0 Å². The number of hydrogen-bond acceptors (Lipinski definition) is 3. The quantitative estimate of drug-likeness (QED) is 0.784. The molecule has 29 heavy (non-hydrogen) atoms. The summed E-state index contributed by atoms with van der Waals surface area (Å²) in [5, 5.41) is 11.3. The van der Waals surface area contributed by atoms with Crippen molar-refractivity contribution in [1.29, 1.82) is 0 Å². The van der Waals surface area contributed by atoms with Gasteiger partial charge in [-0.15, -0.1) is 0 Å². The minimum absolute atomic E-state index is 0.0384. The van der Waals surface area contributed by atoms with Crippen molar-refractivity contribution < 1.29 is 9.90 Å². The predicted molar refractivity (Wildman–Crippen MR) is 114 cm³/mol. The number of aliphatic hydroxyl groups is 1. The average molecular weight is 393 g/mol. The van der Waals surface area contributed by atoms with Gasteiger partial charge in [-0.25, -0.2) is 0 Å². The first-order chi connectivity index (χ1) is 13.8. The molecule has 3 aliphatic carbocycles. The Hall–Kier alpha value is -1.94. The predicted octanol–water partition coefficient (Wildman–Crippen LogP) is 4.08. The van der Waals surface area contributed by atoms with Crippen LogP contribution in [0, 0.1) is 28.6 Å². The van der Waals surface area contributed by atoms with Gasteiger partial charge < -0.3 is 10.0 Å². The lowest BCUT2D eigenvalue weighted by Crippen LogP contribution is -2.59. The van der Waals surface area contributed by atoms with Gasteiger partial charge in [-0.05, 0) is 79.2 Å². The number of aliphatic hydroxyl groups excluding tert-OH is 1. The lowest BCUT2D eigenvalue weighted by atomic mass is 9.48. The van der Waals surface area contributed by atoms with Crippen molar-refractivity contribution in [3.05, 3.63) is 47.8 Å². The molecule has 0 saturated heterocycles. The maximum atomic E-state index is 12.2. The van der Waals surface area contributed by atoms with Crippen molar-refractivity contribution in [1.82, 2.24) is 9.88 Å². The molecular formula is C25H32N2O2. The second-order valence-electron chi connectivity index (χ2n) is 10.3. The zero-order chi connectivity index (χ0) is 20.4. The molecule has 154 valence electrons. The minimum atomic E-state index is -0.363. The van der Waals surface area contributed by atoms with E-state index in [0.717, 1.165) is 37.7 Å². The van der Waals surface area contributed by atoms with Gasteiger partial charge in [-0.1, -0.05) is 26.0 Å². The largest absolute Gasteiger partial charge is 0.388 e. The molecule has 2 heterocycles. The summed E-state index contributed by atoms with van der Waals surface area (Å²) in [6, 6.07) is 4.33. The number of fused-ring (bicyclic) bond motifs is 5. The van der Waals surface area contributed by atoms with Crippen molar-refractivity contribution in [2.75, 3.05) is 7.05 Å². The average Bonchev–Trinajstić information content (AvgIpc) is 2.97. The minimum Gasteiger partial charge on any atom is -0.388 e. The Morgan fingerprint density at radius 3 is 2.69 bits per heavy atom. The lowest BCUT2D eigenvalue weighted by molar-refractivity contribution is -0.140. The number of hydrogen-bond donors (Lipinski definition) is 1. The molecule has 1 aromatic heterocycles. The van der Waals surface area contributed by atoms with Crippen molar-refractivity contribution in [2.45, 2.75) is 58.1 Å². The molecule has 4 nitrogen and oxygen atoms in total. The van der Waals surface area contributed by atoms with Crippen molar-refractivity contribution in [3.8, 4) is 0 Å². The molecule has 1 aliphatic heterocycles. The third kappa shape index (κ3) is 2.68. The molecule has 0 spiro atoms. The summed E-state index contributed by atoms with van der Waals surface area (Å²) >= 11 is 0. The summed E-state index contributed by atoms with van der Waals surface area (Å²) in [6.45, 7) is 4.68. The van der Waals surface area contributed by atoms with Gasteiger partial charge in [-0.3, -0.25) is 9.78 Å². The summed E-state index contributed by atoms with van der Waals surface area (Å²) in [6.07, 6.45) is 14.9. The smallest absolute Gasteiger partial charge is 0.246 e. The summed E-state index contributed by atoms with van der Waals surface area (Å²) in [4.78, 5) is 18.3. The second-order valence-corrected chi connectivity index (χ2v) is 10.3. The Morgan fingerprint density at radius 2 is 1.93 bits per heavy atom. The van der Waals surface area contributed by atoms with E-state index < -0.39 is 0 Å². The number of carbonyl (C=O) groups is 1. The lowest BCUT2D eigenvalue weighted by Gasteiger charge is -2.59. The molecule has 1 aromatic rings. The van der Waals surface area contributed by atoms with Crippen LogP contribution in [0.1, 0.15) is 51.5 Å². The summed E-state index contributed by atoms with van der Waals surface area (Å²) in [5.74, 6) is 1.85. The molecule has 5 rings (SSSR count). The number of pyridine rings is 1. The van der Waals surface area contributed by atoms with E-state index in [9.17, 15) is 9.90 Å². The van der Waals surface area contributed by atoms with Gasteiger partial charge in [0.05, 0.1) is 6.10 Å². The van der Waals surface area contributed by atoms with Crippen LogP contribution in [0.2, 0.25) is 0 Å². The molecule has 3 fully saturated rings. The molecular weight excluding hydrogens is 360 g/mol. The van der Waals surface area contributed by atoms with E-state index in [1.807, 2.05) is 36.5 Å². The Kier molecular flexibility index (Phi) is 4.29. The van der Waals surface area contributed by atoms with E-state index >= 15 is 0 Å². The highest BCUT2D eigenvalue weighted by Gasteiger charge is 2.61. The van der Waals surface area contributed by atoms with Gasteiger partial charge in [0.15, 0.2) is 0 Å². The zero-order valence-electron chi connectivity index (χ0n) is 17.7. The molecule has 3 saturated carbocycles. The zero-order valence-corrected chi connectivity index (χ0v) is 17.7. The van der Waals surface area contributed by atoms with Crippen LogP contribution in [0.4, 0.5) is 0 Å². The third-order valence-corrected chi connectivity index (χ3v) is 9.05. The van der Waals surface area contributed by atoms with Crippen LogP contribution in [0.25, 0.3) is 6.08 Å². The Balaban J connectivity index is 1.48. The second kappa shape index (κ2) is 6.53. The fourth-order valence-corrected chi connectivity index (χ4v) is 7.41. The molecule has 0 bridgehead atoms. The highest BCUT2D eigenvalue weighted by Crippen LogP contribution is 2.64. The number of nitrogens with zero attached hydrogens (tertiary/aromatic N) is 2. The fraction of sp³-hybridized carbons (Fsp3) is 0.600. The highest BCUT2D eigenvalue weighted by atomic mass is 16.3. The van der Waals surface area contributed by atoms with Gasteiger partial charge in [0.1, 0.15) is 0 Å². The number of amides is 1. The van der Waals surface area contributed by atoms with Crippen molar-refractivity contribution in [3.63, 3.8) is 0 Å². The number of aromatic nitrogens is 1. The molecule has 0 aromatic carbocycles. The Morgan fingerprint density at radius 1 is 1.17 bits per heavy atom. The van der Waals surface area contributed by atoms with E-state index in [1.54, 1.807) is 6.08 Å². The molecule has 0 radical (unpaired) electrons. The first kappa shape index (κ1) is 19.0. The maximum absolute atomic E-state index is 12.2. The van der Waals surface area contributed by atoms with Crippen LogP contribution in [0.5, 0.6) is 0 Å². The van der Waals surface area contributed by atoms with Gasteiger partial charge in [0.25, 0.3) is 0 Å². The maximum Gasteiger partial charge on any atom is 0.246 e. The van der Waals surface area contributed by atoms with Gasteiger partial charge in [0.2, 0.25) is 5.91 Å². The fourth-order valence-electron chi connectivity index (χ4n) is 7.41. The van der Waals surface area contributed by atoms with Crippen LogP contribution in [0.3, 0.4) is 0 Å². The van der Waals surface area contributed by atoms with Crippen LogP contribution < -0.4 is 0 Å². The van der Waals surface area contributed by atoms with E-state index in [0.29, 0.717) is 23.8 Å². The summed E-state index contributed by atoms with van der Waals surface area (Å²) in [5.41, 5.74) is 2.32. The Bertz CT molecular complexity index is 878. The first-order valence-corrected chi connectivity index (χ1v) is 11.1. The molecule has 4 heteroatoms. The third-order valence-electron chi connectivity index (χ3n) is 9.05. The van der Waals surface area contributed by atoms with E-state index in [-0.39, 0.29) is 22.8 Å². The van der Waals surface area contributed by atoms with E-state index in [4.69, 9.17) is 0 Å². The van der Waals surface area contributed by atoms with Gasteiger partial charge in [0, 0.05) is 36.3 Å². The van der Waals surface area contributed by atoms with Crippen LogP contribution in [0.15, 0.2) is 42.3 Å². The highest BCUT2D eigenvalue weighted by molar-refractivity contribution is 5.89. The number of carbonyl (C=O) groups excluding carboxylic acids is 1. The van der Waals surface area contributed by atoms with Crippen LogP contribution in [-0.4, -0.2) is 40.1 Å². The van der Waals surface area contributed by atoms with Crippen molar-refractivity contribution >= 4 is 12.0 Å². The monoisotopic (exact) mass is 392 g/mol. The summed E-state index contributed by atoms with van der Waals surface area (Å²) in [7, 11) is 1.97. The number of rotatable bonds is 1. The topological polar surface area (TPSA) is 53.4 Å². The molecule has 1 amide bonds. The van der Waals surface area contributed by atoms with Crippen LogP contribution >= 0.6 is 0 Å². The van der Waals surface area contributed by atoms with Gasteiger partial charge >= 0.3 is 0 Å². The first-order valence-electron chi connectivity index (χ1n) is 11.1. The van der Waals surface area contributed by atoms with Gasteiger partial charge in [-0.2, -0.15) is 0 Å². The molecule has 7 atom stereocenters.